The van der Waals surface area contributed by atoms with Gasteiger partial charge in [0.2, 0.25) is 11.8 Å². The van der Waals surface area contributed by atoms with Crippen molar-refractivity contribution in [1.29, 1.82) is 0 Å². The first-order chi connectivity index (χ1) is 23.3. The minimum absolute atomic E-state index is 0.000992. The zero-order valence-corrected chi connectivity index (χ0v) is 29.6. The number of sulfonamides is 1. The molecule has 12 nitrogen and oxygen atoms in total. The molecule has 1 aliphatic rings. The molecule has 3 aromatic heterocycles. The standard InChI is InChI=1S/C36H41N7O5S/c1-21(2)33-38-29-15-14-26(37-34(29)42(33)7)18-43-27(19-47-22(3)4)20-48-31-17-30(32-23(5)10-8-11-24(32)6)39-36(40-31)41-49(45,46)28-13-9-12-25(16-28)35(43)44/h8-17,21-22,27H,18-20H2,1-7H3,(H,39,40,41)/t27-/m1/s1. The molecule has 4 heterocycles. The number of benzene rings is 2. The second-order valence-electron chi connectivity index (χ2n) is 12.9. The number of carbonyl (C=O) groups is 1. The predicted octanol–water partition coefficient (Wildman–Crippen LogP) is 5.79. The van der Waals surface area contributed by atoms with E-state index in [-0.39, 0.29) is 54.1 Å². The average Bonchev–Trinajstić information content (AvgIpc) is 3.38. The van der Waals surface area contributed by atoms with Crippen molar-refractivity contribution in [2.45, 2.75) is 71.0 Å². The molecule has 0 radical (unpaired) electrons. The smallest absolute Gasteiger partial charge is 0.264 e. The number of rotatable bonds is 7. The summed E-state index contributed by atoms with van der Waals surface area (Å²) in [6, 6.07) is 16.6. The minimum Gasteiger partial charge on any atom is -0.475 e. The Kier molecular flexibility index (Phi) is 9.41. The number of amides is 1. The molecule has 0 unspecified atom stereocenters. The number of aryl methyl sites for hydroxylation is 3. The highest BCUT2D eigenvalue weighted by Crippen LogP contribution is 2.30. The first-order valence-corrected chi connectivity index (χ1v) is 17.7. The van der Waals surface area contributed by atoms with Gasteiger partial charge in [0.15, 0.2) is 5.65 Å². The van der Waals surface area contributed by atoms with Crippen LogP contribution in [0, 0.1) is 13.8 Å². The summed E-state index contributed by atoms with van der Waals surface area (Å²) in [5.41, 5.74) is 5.55. The van der Waals surface area contributed by atoms with Gasteiger partial charge in [-0.3, -0.25) is 4.79 Å². The molecule has 4 bridgehead atoms. The van der Waals surface area contributed by atoms with E-state index in [9.17, 15) is 13.2 Å². The quantitative estimate of drug-likeness (QED) is 0.226. The van der Waals surface area contributed by atoms with E-state index in [1.807, 2.05) is 69.6 Å². The van der Waals surface area contributed by atoms with Gasteiger partial charge < -0.3 is 18.9 Å². The van der Waals surface area contributed by atoms with Crippen LogP contribution in [0.3, 0.4) is 0 Å². The number of carbonyl (C=O) groups excluding carboxylic acids is 1. The van der Waals surface area contributed by atoms with Gasteiger partial charge in [-0.15, -0.1) is 0 Å². The van der Waals surface area contributed by atoms with Gasteiger partial charge >= 0.3 is 0 Å². The van der Waals surface area contributed by atoms with Crippen LogP contribution in [0.5, 0.6) is 5.88 Å². The van der Waals surface area contributed by atoms with Crippen molar-refractivity contribution in [3.63, 3.8) is 0 Å². The van der Waals surface area contributed by atoms with Gasteiger partial charge in [0.25, 0.3) is 15.9 Å². The fourth-order valence-corrected chi connectivity index (χ4v) is 7.00. The molecule has 13 heteroatoms. The van der Waals surface area contributed by atoms with Gasteiger partial charge in [-0.25, -0.2) is 28.1 Å². The Balaban J connectivity index is 1.48. The van der Waals surface area contributed by atoms with Crippen LogP contribution in [0.1, 0.15) is 66.6 Å². The Labute approximate surface area is 286 Å². The third kappa shape index (κ3) is 7.13. The lowest BCUT2D eigenvalue weighted by Gasteiger charge is -2.32. The van der Waals surface area contributed by atoms with E-state index in [2.05, 4.69) is 28.5 Å². The summed E-state index contributed by atoms with van der Waals surface area (Å²) >= 11 is 0. The lowest BCUT2D eigenvalue weighted by atomic mass is 10.00. The van der Waals surface area contributed by atoms with E-state index in [1.165, 1.54) is 12.1 Å². The lowest BCUT2D eigenvalue weighted by Crippen LogP contribution is -2.46. The number of imidazole rings is 1. The maximum atomic E-state index is 14.4. The van der Waals surface area contributed by atoms with Crippen LogP contribution in [-0.4, -0.2) is 69.1 Å². The van der Waals surface area contributed by atoms with Gasteiger partial charge in [0, 0.05) is 30.2 Å². The van der Waals surface area contributed by atoms with E-state index >= 15 is 0 Å². The van der Waals surface area contributed by atoms with Crippen molar-refractivity contribution in [3.05, 3.63) is 88.9 Å². The van der Waals surface area contributed by atoms with Crippen molar-refractivity contribution < 1.29 is 22.7 Å². The highest BCUT2D eigenvalue weighted by molar-refractivity contribution is 7.92. The van der Waals surface area contributed by atoms with Crippen molar-refractivity contribution in [3.8, 4) is 17.1 Å². The second kappa shape index (κ2) is 13.6. The van der Waals surface area contributed by atoms with Gasteiger partial charge in [-0.05, 0) is 69.2 Å². The SMILES string of the molecule is Cc1cccc(C)c1-c1cc2nc(n1)NS(=O)(=O)c1cccc(c1)C(=O)N(Cc1ccc3nc(C(C)C)n(C)c3n1)[C@H](COC(C)C)CO2. The number of pyridine rings is 1. The van der Waals surface area contributed by atoms with Crippen LogP contribution < -0.4 is 9.46 Å². The maximum absolute atomic E-state index is 14.4. The molecule has 0 saturated carbocycles. The molecule has 1 aliphatic heterocycles. The van der Waals surface area contributed by atoms with E-state index in [0.717, 1.165) is 28.0 Å². The van der Waals surface area contributed by atoms with Crippen molar-refractivity contribution >= 4 is 33.0 Å². The Hall–Kier alpha value is -4.88. The van der Waals surface area contributed by atoms with Gasteiger partial charge in [-0.2, -0.15) is 4.98 Å². The molecule has 0 aliphatic carbocycles. The van der Waals surface area contributed by atoms with Crippen LogP contribution >= 0.6 is 0 Å². The number of nitrogens with zero attached hydrogens (tertiary/aromatic N) is 6. The third-order valence-corrected chi connectivity index (χ3v) is 9.79. The molecule has 1 atom stereocenters. The summed E-state index contributed by atoms with van der Waals surface area (Å²) in [6.07, 6.45) is -0.126. The van der Waals surface area contributed by atoms with Crippen molar-refractivity contribution in [2.75, 3.05) is 17.9 Å². The molecule has 0 fully saturated rings. The first kappa shape index (κ1) is 34.0. The molecule has 256 valence electrons. The number of hydrogen-bond acceptors (Lipinski definition) is 9. The second-order valence-corrected chi connectivity index (χ2v) is 14.6. The summed E-state index contributed by atoms with van der Waals surface area (Å²) in [5, 5.41) is 0. The highest BCUT2D eigenvalue weighted by atomic mass is 32.2. The summed E-state index contributed by atoms with van der Waals surface area (Å²) in [4.78, 5) is 34.7. The van der Waals surface area contributed by atoms with Crippen LogP contribution in [0.4, 0.5) is 5.95 Å². The van der Waals surface area contributed by atoms with E-state index < -0.39 is 22.0 Å². The number of anilines is 1. The predicted molar refractivity (Wildman–Crippen MR) is 187 cm³/mol. The number of ether oxygens (including phenoxy) is 2. The Morgan fingerprint density at radius 3 is 2.41 bits per heavy atom. The van der Waals surface area contributed by atoms with Gasteiger partial charge in [0.1, 0.15) is 17.9 Å². The largest absolute Gasteiger partial charge is 0.475 e. The minimum atomic E-state index is -4.19. The molecule has 5 aromatic rings. The zero-order chi connectivity index (χ0) is 35.0. The number of fused-ring (bicyclic) bond motifs is 5. The summed E-state index contributed by atoms with van der Waals surface area (Å²) in [5.74, 6) is 0.710. The van der Waals surface area contributed by atoms with Gasteiger partial charge in [-0.1, -0.05) is 38.1 Å². The Morgan fingerprint density at radius 1 is 0.959 bits per heavy atom. The van der Waals surface area contributed by atoms with Crippen LogP contribution in [0.15, 0.2) is 65.6 Å². The summed E-state index contributed by atoms with van der Waals surface area (Å²) in [7, 11) is -2.26. The monoisotopic (exact) mass is 683 g/mol. The van der Waals surface area contributed by atoms with Crippen molar-refractivity contribution in [2.24, 2.45) is 7.05 Å². The number of hydrogen-bond donors (Lipinski definition) is 1. The molecule has 1 N–H and O–H groups in total. The molecule has 0 spiro atoms. The molecule has 0 saturated heterocycles. The van der Waals surface area contributed by atoms with E-state index in [0.29, 0.717) is 17.0 Å². The first-order valence-electron chi connectivity index (χ1n) is 16.3. The molecule has 2 aromatic carbocycles. The lowest BCUT2D eigenvalue weighted by molar-refractivity contribution is 0.00633. The molecular formula is C36H41N7O5S. The topological polar surface area (TPSA) is 141 Å². The summed E-state index contributed by atoms with van der Waals surface area (Å²) < 4.78 is 44.2. The van der Waals surface area contributed by atoms with E-state index in [1.54, 1.807) is 23.1 Å². The average molecular weight is 684 g/mol. The van der Waals surface area contributed by atoms with Crippen LogP contribution in [0.2, 0.25) is 0 Å². The van der Waals surface area contributed by atoms with Crippen LogP contribution in [-0.2, 0) is 28.4 Å². The van der Waals surface area contributed by atoms with Gasteiger partial charge in [0.05, 0.1) is 41.6 Å². The number of nitrogens with one attached hydrogen (secondary N) is 1. The Bertz CT molecular complexity index is 2130. The molecule has 6 rings (SSSR count). The third-order valence-electron chi connectivity index (χ3n) is 8.46. The summed E-state index contributed by atoms with van der Waals surface area (Å²) in [6.45, 7) is 12.2. The fraction of sp³-hybridized carbons (Fsp3) is 0.361. The van der Waals surface area contributed by atoms with Crippen LogP contribution in [0.25, 0.3) is 22.4 Å². The molecular weight excluding hydrogens is 643 g/mol. The zero-order valence-electron chi connectivity index (χ0n) is 28.8. The number of aromatic nitrogens is 5. The fourth-order valence-electron chi connectivity index (χ4n) is 6.01. The van der Waals surface area contributed by atoms with Crippen molar-refractivity contribution in [1.82, 2.24) is 29.4 Å². The maximum Gasteiger partial charge on any atom is 0.264 e. The molecule has 49 heavy (non-hydrogen) atoms. The highest BCUT2D eigenvalue weighted by Gasteiger charge is 2.30. The molecule has 1 amide bonds. The Morgan fingerprint density at radius 2 is 1.69 bits per heavy atom. The normalized spacial score (nSPS) is 16.2. The van der Waals surface area contributed by atoms with E-state index in [4.69, 9.17) is 19.4 Å².